The normalized spacial score (nSPS) is 16.5. The van der Waals surface area contributed by atoms with Gasteiger partial charge in [0.05, 0.1) is 10.4 Å². The van der Waals surface area contributed by atoms with Gasteiger partial charge in [0, 0.05) is 34.7 Å². The molecule has 0 unspecified atom stereocenters. The molecule has 1 saturated heterocycles. The van der Waals surface area contributed by atoms with Crippen molar-refractivity contribution in [1.82, 2.24) is 13.9 Å². The van der Waals surface area contributed by atoms with Crippen LogP contribution in [0, 0.1) is 5.82 Å². The fourth-order valence-corrected chi connectivity index (χ4v) is 6.06. The molecule has 1 fully saturated rings. The maximum absolute atomic E-state index is 14.1. The number of pyridine rings is 1. The first kappa shape index (κ1) is 19.2. The fourth-order valence-electron chi connectivity index (χ4n) is 4.46. The Labute approximate surface area is 174 Å². The van der Waals surface area contributed by atoms with Gasteiger partial charge in [0.2, 0.25) is 0 Å². The molecule has 7 heteroatoms. The van der Waals surface area contributed by atoms with E-state index in [0.717, 1.165) is 36.9 Å². The summed E-state index contributed by atoms with van der Waals surface area (Å²) in [4.78, 5) is 6.57. The molecule has 1 aliphatic heterocycles. The minimum Gasteiger partial charge on any atom is -0.306 e. The van der Waals surface area contributed by atoms with Gasteiger partial charge in [-0.25, -0.2) is 16.8 Å². The summed E-state index contributed by atoms with van der Waals surface area (Å²) in [6, 6.07) is 11.2. The lowest BCUT2D eigenvalue weighted by atomic mass is 9.89. The molecule has 154 valence electrons. The molecule has 0 saturated carbocycles. The van der Waals surface area contributed by atoms with Crippen molar-refractivity contribution in [3.8, 4) is 0 Å². The number of hydrogen-bond donors (Lipinski definition) is 0. The van der Waals surface area contributed by atoms with Crippen molar-refractivity contribution in [2.75, 3.05) is 20.1 Å². The molecule has 2 aromatic heterocycles. The van der Waals surface area contributed by atoms with E-state index in [2.05, 4.69) is 16.9 Å². The van der Waals surface area contributed by atoms with Crippen LogP contribution in [0.25, 0.3) is 21.7 Å². The maximum atomic E-state index is 14.1. The van der Waals surface area contributed by atoms with E-state index in [4.69, 9.17) is 0 Å². The first-order valence-electron chi connectivity index (χ1n) is 10.0. The van der Waals surface area contributed by atoms with Crippen molar-refractivity contribution in [2.45, 2.75) is 23.7 Å². The van der Waals surface area contributed by atoms with E-state index in [1.807, 2.05) is 6.07 Å². The van der Waals surface area contributed by atoms with Gasteiger partial charge in [0.15, 0.2) is 0 Å². The molecule has 0 aliphatic carbocycles. The van der Waals surface area contributed by atoms with Crippen molar-refractivity contribution in [2.24, 2.45) is 0 Å². The van der Waals surface area contributed by atoms with Crippen LogP contribution in [0.3, 0.4) is 0 Å². The molecule has 3 heterocycles. The van der Waals surface area contributed by atoms with Crippen LogP contribution in [0.4, 0.5) is 4.39 Å². The lowest BCUT2D eigenvalue weighted by molar-refractivity contribution is 0.256. The van der Waals surface area contributed by atoms with Gasteiger partial charge in [0.1, 0.15) is 5.82 Å². The average Bonchev–Trinajstić information content (AvgIpc) is 3.13. The summed E-state index contributed by atoms with van der Waals surface area (Å²) in [6.45, 7) is 1.88. The second-order valence-electron chi connectivity index (χ2n) is 7.98. The molecule has 0 radical (unpaired) electrons. The summed E-state index contributed by atoms with van der Waals surface area (Å²) in [5, 5.41) is 2.06. The number of fused-ring (bicyclic) bond motifs is 2. The van der Waals surface area contributed by atoms with E-state index in [9.17, 15) is 12.8 Å². The SMILES string of the molecule is CN1CCC(c2cn(S(=O)(=O)c3cccc4cnccc34)c3ccc(F)cc23)CC1. The highest BCUT2D eigenvalue weighted by Crippen LogP contribution is 2.37. The number of likely N-dealkylation sites (tertiary alicyclic amines) is 1. The summed E-state index contributed by atoms with van der Waals surface area (Å²) < 4.78 is 42.9. The first-order valence-corrected chi connectivity index (χ1v) is 11.5. The van der Waals surface area contributed by atoms with Gasteiger partial charge in [-0.3, -0.25) is 4.98 Å². The van der Waals surface area contributed by atoms with Crippen molar-refractivity contribution < 1.29 is 12.8 Å². The molecule has 0 spiro atoms. The average molecular weight is 424 g/mol. The van der Waals surface area contributed by atoms with E-state index in [1.54, 1.807) is 42.9 Å². The fraction of sp³-hybridized carbons (Fsp3) is 0.261. The summed E-state index contributed by atoms with van der Waals surface area (Å²) >= 11 is 0. The number of aromatic nitrogens is 2. The minimum atomic E-state index is -3.88. The number of piperidine rings is 1. The quantitative estimate of drug-likeness (QED) is 0.491. The Hall–Kier alpha value is -2.77. The van der Waals surface area contributed by atoms with Gasteiger partial charge in [-0.1, -0.05) is 12.1 Å². The van der Waals surface area contributed by atoms with Crippen LogP contribution in [0.15, 0.2) is 66.0 Å². The molecule has 0 amide bonds. The summed E-state index contributed by atoms with van der Waals surface area (Å²) in [6.07, 6.45) is 6.80. The number of benzene rings is 2. The number of rotatable bonds is 3. The first-order chi connectivity index (χ1) is 14.4. The third-order valence-electron chi connectivity index (χ3n) is 6.10. The van der Waals surface area contributed by atoms with Crippen LogP contribution in [0.1, 0.15) is 24.3 Å². The standard InChI is InChI=1S/C23H22FN3O2S/c1-26-11-8-16(9-12-26)21-15-27(22-6-5-18(24)13-20(21)22)30(28,29)23-4-2-3-17-14-25-10-7-19(17)23/h2-7,10,13-16H,8-9,11-12H2,1H3. The van der Waals surface area contributed by atoms with Gasteiger partial charge in [0.25, 0.3) is 10.0 Å². The second kappa shape index (κ2) is 7.18. The molecule has 2 aromatic carbocycles. The molecule has 5 nitrogen and oxygen atoms in total. The van der Waals surface area contributed by atoms with Gasteiger partial charge in [-0.15, -0.1) is 0 Å². The van der Waals surface area contributed by atoms with E-state index < -0.39 is 10.0 Å². The zero-order chi connectivity index (χ0) is 20.9. The largest absolute Gasteiger partial charge is 0.306 e. The van der Waals surface area contributed by atoms with Crippen LogP contribution < -0.4 is 0 Å². The highest BCUT2D eigenvalue weighted by atomic mass is 32.2. The molecule has 0 atom stereocenters. The Morgan fingerprint density at radius 1 is 1.07 bits per heavy atom. The molecule has 5 rings (SSSR count). The van der Waals surface area contributed by atoms with Crippen LogP contribution >= 0.6 is 0 Å². The van der Waals surface area contributed by atoms with E-state index in [-0.39, 0.29) is 16.6 Å². The van der Waals surface area contributed by atoms with Gasteiger partial charge in [-0.2, -0.15) is 0 Å². The van der Waals surface area contributed by atoms with Crippen LogP contribution in [-0.2, 0) is 10.0 Å². The number of hydrogen-bond acceptors (Lipinski definition) is 4. The summed E-state index contributed by atoms with van der Waals surface area (Å²) in [5.74, 6) is -0.151. The zero-order valence-corrected chi connectivity index (χ0v) is 17.4. The number of nitrogens with zero attached hydrogens (tertiary/aromatic N) is 3. The minimum absolute atomic E-state index is 0.207. The van der Waals surface area contributed by atoms with E-state index in [0.29, 0.717) is 16.3 Å². The van der Waals surface area contributed by atoms with Crippen LogP contribution in [0.5, 0.6) is 0 Å². The lowest BCUT2D eigenvalue weighted by Gasteiger charge is -2.28. The van der Waals surface area contributed by atoms with Crippen molar-refractivity contribution in [1.29, 1.82) is 0 Å². The Bertz CT molecular complexity index is 1350. The summed E-state index contributed by atoms with van der Waals surface area (Å²) in [5.41, 5.74) is 1.42. The van der Waals surface area contributed by atoms with Gasteiger partial charge >= 0.3 is 0 Å². The van der Waals surface area contributed by atoms with E-state index >= 15 is 0 Å². The van der Waals surface area contributed by atoms with Crippen molar-refractivity contribution >= 4 is 31.7 Å². The van der Waals surface area contributed by atoms with E-state index in [1.165, 1.54) is 16.1 Å². The second-order valence-corrected chi connectivity index (χ2v) is 9.76. The highest BCUT2D eigenvalue weighted by molar-refractivity contribution is 7.90. The van der Waals surface area contributed by atoms with Crippen molar-refractivity contribution in [3.05, 3.63) is 72.4 Å². The molecular weight excluding hydrogens is 401 g/mol. The van der Waals surface area contributed by atoms with Gasteiger partial charge < -0.3 is 4.90 Å². The molecule has 1 aliphatic rings. The molecule has 0 bridgehead atoms. The van der Waals surface area contributed by atoms with Crippen molar-refractivity contribution in [3.63, 3.8) is 0 Å². The summed E-state index contributed by atoms with van der Waals surface area (Å²) in [7, 11) is -1.80. The van der Waals surface area contributed by atoms with Gasteiger partial charge in [-0.05, 0) is 74.8 Å². The zero-order valence-electron chi connectivity index (χ0n) is 16.6. The third kappa shape index (κ3) is 3.09. The molecule has 0 N–H and O–H groups in total. The maximum Gasteiger partial charge on any atom is 0.268 e. The smallest absolute Gasteiger partial charge is 0.268 e. The Morgan fingerprint density at radius 2 is 1.87 bits per heavy atom. The Kier molecular flexibility index (Phi) is 4.60. The molecule has 4 aromatic rings. The predicted octanol–water partition coefficient (Wildman–Crippen LogP) is 4.37. The monoisotopic (exact) mass is 423 g/mol. The van der Waals surface area contributed by atoms with Crippen LogP contribution in [0.2, 0.25) is 0 Å². The lowest BCUT2D eigenvalue weighted by Crippen LogP contribution is -2.29. The molecular formula is C23H22FN3O2S. The number of halogens is 1. The molecule has 30 heavy (non-hydrogen) atoms. The highest BCUT2D eigenvalue weighted by Gasteiger charge is 2.27. The third-order valence-corrected chi connectivity index (χ3v) is 7.83. The Balaban J connectivity index is 1.72. The predicted molar refractivity (Wildman–Crippen MR) is 116 cm³/mol. The Morgan fingerprint density at radius 3 is 2.67 bits per heavy atom. The van der Waals surface area contributed by atoms with Crippen LogP contribution in [-0.4, -0.2) is 42.4 Å². The topological polar surface area (TPSA) is 55.2 Å².